The maximum Gasteiger partial charge on any atom is 0.124 e. The number of hydrogen-bond donors (Lipinski definition) is 2. The first kappa shape index (κ1) is 8.59. The molecule has 0 aliphatic heterocycles. The summed E-state index contributed by atoms with van der Waals surface area (Å²) in [5.41, 5.74) is 1.08. The van der Waals surface area contributed by atoms with Crippen molar-refractivity contribution in [2.45, 2.75) is 13.3 Å². The molecule has 0 bridgehead atoms. The zero-order valence-electron chi connectivity index (χ0n) is 6.86. The second kappa shape index (κ2) is 3.76. The van der Waals surface area contributed by atoms with Crippen LogP contribution in [0.25, 0.3) is 0 Å². The fourth-order valence-electron chi connectivity index (χ4n) is 1.03. The van der Waals surface area contributed by atoms with E-state index in [9.17, 15) is 5.11 Å². The van der Waals surface area contributed by atoms with E-state index < -0.39 is 0 Å². The lowest BCUT2D eigenvalue weighted by Gasteiger charge is -2.02. The molecule has 0 saturated carbocycles. The van der Waals surface area contributed by atoms with Gasteiger partial charge in [-0.15, -0.1) is 0 Å². The molecule has 3 heteroatoms. The van der Waals surface area contributed by atoms with Crippen molar-refractivity contribution in [3.05, 3.63) is 29.8 Å². The number of phenols is 1. The van der Waals surface area contributed by atoms with Crippen LogP contribution < -0.4 is 0 Å². The van der Waals surface area contributed by atoms with Crippen LogP contribution >= 0.6 is 0 Å². The van der Waals surface area contributed by atoms with Gasteiger partial charge < -0.3 is 10.3 Å². The molecular formula is C9H11NO2. The van der Waals surface area contributed by atoms with Crippen molar-refractivity contribution in [2.75, 3.05) is 0 Å². The van der Waals surface area contributed by atoms with Crippen LogP contribution in [0.4, 0.5) is 0 Å². The van der Waals surface area contributed by atoms with E-state index in [1.165, 1.54) is 0 Å². The summed E-state index contributed by atoms with van der Waals surface area (Å²) in [6.07, 6.45) is 0.591. The molecule has 0 heterocycles. The molecule has 0 amide bonds. The van der Waals surface area contributed by atoms with Crippen LogP contribution in [0.5, 0.6) is 5.75 Å². The lowest BCUT2D eigenvalue weighted by atomic mass is 10.1. The molecule has 0 spiro atoms. The highest BCUT2D eigenvalue weighted by atomic mass is 16.4. The minimum Gasteiger partial charge on any atom is -0.507 e. The number of phenolic OH excluding ortho intramolecular Hbond substituents is 1. The summed E-state index contributed by atoms with van der Waals surface area (Å²) in [5.74, 6) is 0.146. The van der Waals surface area contributed by atoms with Gasteiger partial charge in [0.25, 0.3) is 0 Å². The minimum atomic E-state index is 0.146. The standard InChI is InChI=1S/C9H11NO2/c1-2-8(10-12)7-5-3-4-6-9(7)11/h3-6,11-12H,2H2,1H3/b10-8-. The fraction of sp³-hybridized carbons (Fsp3) is 0.222. The Morgan fingerprint density at radius 1 is 1.42 bits per heavy atom. The first-order chi connectivity index (χ1) is 5.79. The predicted octanol–water partition coefficient (Wildman–Crippen LogP) is 1.98. The normalized spacial score (nSPS) is 11.6. The number of rotatable bonds is 2. The molecule has 0 aliphatic carbocycles. The van der Waals surface area contributed by atoms with Gasteiger partial charge in [-0.2, -0.15) is 0 Å². The van der Waals surface area contributed by atoms with E-state index in [-0.39, 0.29) is 5.75 Å². The molecule has 1 rings (SSSR count). The lowest BCUT2D eigenvalue weighted by Crippen LogP contribution is -1.98. The molecule has 0 atom stereocenters. The Balaban J connectivity index is 3.10. The zero-order valence-corrected chi connectivity index (χ0v) is 6.86. The molecule has 12 heavy (non-hydrogen) atoms. The maximum absolute atomic E-state index is 9.35. The molecule has 1 aromatic carbocycles. The number of aromatic hydroxyl groups is 1. The molecule has 64 valence electrons. The number of para-hydroxylation sites is 1. The van der Waals surface area contributed by atoms with Gasteiger partial charge in [-0.1, -0.05) is 24.2 Å². The monoisotopic (exact) mass is 165 g/mol. The highest BCUT2D eigenvalue weighted by Gasteiger charge is 2.05. The summed E-state index contributed by atoms with van der Waals surface area (Å²) in [5, 5.41) is 21.0. The summed E-state index contributed by atoms with van der Waals surface area (Å²) in [4.78, 5) is 0. The van der Waals surface area contributed by atoms with Gasteiger partial charge in [-0.3, -0.25) is 0 Å². The van der Waals surface area contributed by atoms with E-state index in [2.05, 4.69) is 5.16 Å². The van der Waals surface area contributed by atoms with E-state index in [0.717, 1.165) is 0 Å². The van der Waals surface area contributed by atoms with Gasteiger partial charge in [0.15, 0.2) is 0 Å². The first-order valence-electron chi connectivity index (χ1n) is 3.79. The molecule has 0 fully saturated rings. The number of hydrogen-bond acceptors (Lipinski definition) is 3. The van der Waals surface area contributed by atoms with E-state index in [4.69, 9.17) is 5.21 Å². The minimum absolute atomic E-state index is 0.146. The largest absolute Gasteiger partial charge is 0.507 e. The van der Waals surface area contributed by atoms with Gasteiger partial charge in [-0.25, -0.2) is 0 Å². The summed E-state index contributed by atoms with van der Waals surface area (Å²) in [6, 6.07) is 6.80. The van der Waals surface area contributed by atoms with Crippen LogP contribution in [-0.4, -0.2) is 16.0 Å². The van der Waals surface area contributed by atoms with Gasteiger partial charge in [0.2, 0.25) is 0 Å². The average Bonchev–Trinajstić information content (AvgIpc) is 2.10. The molecule has 3 nitrogen and oxygen atoms in total. The molecular weight excluding hydrogens is 154 g/mol. The third-order valence-electron chi connectivity index (χ3n) is 1.67. The SMILES string of the molecule is CC/C(=N/O)c1ccccc1O. The first-order valence-corrected chi connectivity index (χ1v) is 3.79. The molecule has 0 saturated heterocycles. The second-order valence-corrected chi connectivity index (χ2v) is 2.42. The Hall–Kier alpha value is -1.51. The summed E-state index contributed by atoms with van der Waals surface area (Å²) < 4.78 is 0. The zero-order chi connectivity index (χ0) is 8.97. The van der Waals surface area contributed by atoms with Gasteiger partial charge in [-0.05, 0) is 18.6 Å². The molecule has 1 aromatic rings. The highest BCUT2D eigenvalue weighted by Crippen LogP contribution is 2.17. The summed E-state index contributed by atoms with van der Waals surface area (Å²) in [7, 11) is 0. The molecule has 0 aromatic heterocycles. The van der Waals surface area contributed by atoms with Crippen LogP contribution in [0.2, 0.25) is 0 Å². The predicted molar refractivity (Wildman–Crippen MR) is 46.7 cm³/mol. The van der Waals surface area contributed by atoms with Crippen molar-refractivity contribution in [3.8, 4) is 5.75 Å². The van der Waals surface area contributed by atoms with Gasteiger partial charge in [0.1, 0.15) is 5.75 Å². The molecule has 2 N–H and O–H groups in total. The van der Waals surface area contributed by atoms with Crippen molar-refractivity contribution in [1.82, 2.24) is 0 Å². The quantitative estimate of drug-likeness (QED) is 0.400. The van der Waals surface area contributed by atoms with Crippen molar-refractivity contribution >= 4 is 5.71 Å². The van der Waals surface area contributed by atoms with E-state index in [0.29, 0.717) is 17.7 Å². The van der Waals surface area contributed by atoms with Crippen molar-refractivity contribution in [1.29, 1.82) is 0 Å². The van der Waals surface area contributed by atoms with Crippen molar-refractivity contribution in [3.63, 3.8) is 0 Å². The number of benzene rings is 1. The summed E-state index contributed by atoms with van der Waals surface area (Å²) >= 11 is 0. The van der Waals surface area contributed by atoms with Crippen LogP contribution in [0.1, 0.15) is 18.9 Å². The highest BCUT2D eigenvalue weighted by molar-refractivity contribution is 6.02. The maximum atomic E-state index is 9.35. The van der Waals surface area contributed by atoms with Crippen molar-refractivity contribution < 1.29 is 10.3 Å². The van der Waals surface area contributed by atoms with E-state index >= 15 is 0 Å². The van der Waals surface area contributed by atoms with E-state index in [1.54, 1.807) is 24.3 Å². The van der Waals surface area contributed by atoms with Crippen LogP contribution in [0, 0.1) is 0 Å². The van der Waals surface area contributed by atoms with Gasteiger partial charge in [0, 0.05) is 5.56 Å². The van der Waals surface area contributed by atoms with Crippen LogP contribution in [0.15, 0.2) is 29.4 Å². The Kier molecular flexibility index (Phi) is 2.69. The Morgan fingerprint density at radius 3 is 2.58 bits per heavy atom. The van der Waals surface area contributed by atoms with Gasteiger partial charge in [0.05, 0.1) is 5.71 Å². The topological polar surface area (TPSA) is 52.8 Å². The van der Waals surface area contributed by atoms with Gasteiger partial charge >= 0.3 is 0 Å². The average molecular weight is 165 g/mol. The smallest absolute Gasteiger partial charge is 0.124 e. The third-order valence-corrected chi connectivity index (χ3v) is 1.67. The Labute approximate surface area is 71.0 Å². The van der Waals surface area contributed by atoms with E-state index in [1.807, 2.05) is 6.92 Å². The third kappa shape index (κ3) is 1.56. The molecule has 0 aliphatic rings. The Bertz CT molecular complexity index is 294. The second-order valence-electron chi connectivity index (χ2n) is 2.42. The number of oxime groups is 1. The van der Waals surface area contributed by atoms with Crippen molar-refractivity contribution in [2.24, 2.45) is 5.16 Å². The summed E-state index contributed by atoms with van der Waals surface area (Å²) in [6.45, 7) is 1.86. The van der Waals surface area contributed by atoms with Crippen LogP contribution in [0.3, 0.4) is 0 Å². The fourth-order valence-corrected chi connectivity index (χ4v) is 1.03. The lowest BCUT2D eigenvalue weighted by molar-refractivity contribution is 0.318. The van der Waals surface area contributed by atoms with Crippen LogP contribution in [-0.2, 0) is 0 Å². The number of nitrogens with zero attached hydrogens (tertiary/aromatic N) is 1. The Morgan fingerprint density at radius 2 is 2.08 bits per heavy atom. The molecule has 0 radical (unpaired) electrons. The molecule has 0 unspecified atom stereocenters.